The van der Waals surface area contributed by atoms with E-state index in [4.69, 9.17) is 0 Å². The van der Waals surface area contributed by atoms with Crippen LogP contribution in [0.5, 0.6) is 0 Å². The van der Waals surface area contributed by atoms with Gasteiger partial charge in [0.25, 0.3) is 0 Å². The van der Waals surface area contributed by atoms with Gasteiger partial charge in [0.2, 0.25) is 5.91 Å². The van der Waals surface area contributed by atoms with Crippen LogP contribution in [0.3, 0.4) is 0 Å². The van der Waals surface area contributed by atoms with E-state index in [1.54, 1.807) is 0 Å². The van der Waals surface area contributed by atoms with Crippen LogP contribution in [0.2, 0.25) is 0 Å². The number of nitrogens with zero attached hydrogens (tertiary/aromatic N) is 1. The number of nitrogens with one attached hydrogen (secondary N) is 2. The number of carbonyl (C=O) groups is 1. The zero-order valence-electron chi connectivity index (χ0n) is 12.5. The van der Waals surface area contributed by atoms with Gasteiger partial charge in [-0.2, -0.15) is 0 Å². The van der Waals surface area contributed by atoms with Gasteiger partial charge in [0.05, 0.1) is 5.92 Å². The van der Waals surface area contributed by atoms with Crippen molar-refractivity contribution in [3.8, 4) is 0 Å². The Morgan fingerprint density at radius 1 is 1.37 bits per heavy atom. The molecule has 2 fully saturated rings. The maximum atomic E-state index is 12.1. The molecule has 4 nitrogen and oxygen atoms in total. The van der Waals surface area contributed by atoms with Gasteiger partial charge < -0.3 is 10.6 Å². The third-order valence-corrected chi connectivity index (χ3v) is 4.68. The molecule has 0 radical (unpaired) electrons. The molecule has 0 saturated carbocycles. The lowest BCUT2D eigenvalue weighted by molar-refractivity contribution is -0.125. The summed E-state index contributed by atoms with van der Waals surface area (Å²) in [4.78, 5) is 14.6. The van der Waals surface area contributed by atoms with Gasteiger partial charge >= 0.3 is 0 Å². The Hall–Kier alpha value is -0.610. The average Bonchev–Trinajstić information content (AvgIpc) is 2.46. The largest absolute Gasteiger partial charge is 0.354 e. The maximum absolute atomic E-state index is 12.1. The van der Waals surface area contributed by atoms with Gasteiger partial charge in [-0.25, -0.2) is 0 Å². The molecule has 2 aliphatic rings. The minimum absolute atomic E-state index is 0.183. The monoisotopic (exact) mass is 267 g/mol. The fraction of sp³-hybridized carbons (Fsp3) is 0.933. The lowest BCUT2D eigenvalue weighted by Crippen LogP contribution is -2.48. The molecule has 110 valence electrons. The molecule has 0 spiro atoms. The lowest BCUT2D eigenvalue weighted by Gasteiger charge is -2.35. The van der Waals surface area contributed by atoms with Crippen molar-refractivity contribution in [3.05, 3.63) is 0 Å². The van der Waals surface area contributed by atoms with E-state index in [0.717, 1.165) is 38.4 Å². The second kappa shape index (κ2) is 7.25. The van der Waals surface area contributed by atoms with Gasteiger partial charge in [0.1, 0.15) is 0 Å². The minimum Gasteiger partial charge on any atom is -0.354 e. The number of hydrogen-bond acceptors (Lipinski definition) is 3. The summed E-state index contributed by atoms with van der Waals surface area (Å²) in [5.41, 5.74) is 0. The zero-order chi connectivity index (χ0) is 13.7. The van der Waals surface area contributed by atoms with E-state index in [-0.39, 0.29) is 11.8 Å². The third kappa shape index (κ3) is 4.46. The highest BCUT2D eigenvalue weighted by Crippen LogP contribution is 2.17. The lowest BCUT2D eigenvalue weighted by atomic mass is 9.97. The molecular formula is C15H29N3O. The summed E-state index contributed by atoms with van der Waals surface area (Å²) in [7, 11) is 0. The van der Waals surface area contributed by atoms with Crippen molar-refractivity contribution in [2.24, 2.45) is 11.8 Å². The van der Waals surface area contributed by atoms with Crippen molar-refractivity contribution < 1.29 is 4.79 Å². The first kappa shape index (κ1) is 14.8. The predicted octanol–water partition coefficient (Wildman–Crippen LogP) is 1.22. The highest BCUT2D eigenvalue weighted by molar-refractivity contribution is 5.79. The van der Waals surface area contributed by atoms with Crippen LogP contribution >= 0.6 is 0 Å². The van der Waals surface area contributed by atoms with E-state index in [0.29, 0.717) is 6.04 Å². The molecule has 0 bridgehead atoms. The fourth-order valence-corrected chi connectivity index (χ4v) is 3.07. The first-order valence-corrected chi connectivity index (χ1v) is 7.89. The fourth-order valence-electron chi connectivity index (χ4n) is 3.07. The van der Waals surface area contributed by atoms with Crippen LogP contribution in [0, 0.1) is 11.8 Å². The molecule has 4 heteroatoms. The molecule has 2 heterocycles. The number of likely N-dealkylation sites (tertiary alicyclic amines) is 1. The Morgan fingerprint density at radius 2 is 2.11 bits per heavy atom. The molecular weight excluding hydrogens is 238 g/mol. The Kier molecular flexibility index (Phi) is 5.64. The van der Waals surface area contributed by atoms with Gasteiger partial charge in [-0.15, -0.1) is 0 Å². The van der Waals surface area contributed by atoms with Crippen LogP contribution in [0.15, 0.2) is 0 Å². The number of piperidine rings is 2. The van der Waals surface area contributed by atoms with Crippen LogP contribution in [-0.2, 0) is 4.79 Å². The quantitative estimate of drug-likeness (QED) is 0.805. The van der Waals surface area contributed by atoms with E-state index in [1.807, 2.05) is 0 Å². The normalized spacial score (nSPS) is 28.0. The molecule has 0 aromatic rings. The van der Waals surface area contributed by atoms with Gasteiger partial charge in [-0.3, -0.25) is 9.69 Å². The van der Waals surface area contributed by atoms with E-state index >= 15 is 0 Å². The van der Waals surface area contributed by atoms with Crippen LogP contribution in [0.25, 0.3) is 0 Å². The molecule has 0 aromatic carbocycles. The van der Waals surface area contributed by atoms with Crippen LogP contribution in [0.4, 0.5) is 0 Å². The molecule has 19 heavy (non-hydrogen) atoms. The summed E-state index contributed by atoms with van der Waals surface area (Å²) >= 11 is 0. The van der Waals surface area contributed by atoms with Crippen molar-refractivity contribution in [2.75, 3.05) is 32.7 Å². The number of hydrogen-bond donors (Lipinski definition) is 2. The van der Waals surface area contributed by atoms with Crippen molar-refractivity contribution in [1.29, 1.82) is 0 Å². The smallest absolute Gasteiger partial charge is 0.224 e. The first-order chi connectivity index (χ1) is 9.16. The average molecular weight is 267 g/mol. The second-order valence-corrected chi connectivity index (χ2v) is 6.36. The highest BCUT2D eigenvalue weighted by Gasteiger charge is 2.23. The molecule has 2 atom stereocenters. The van der Waals surface area contributed by atoms with Crippen LogP contribution < -0.4 is 10.6 Å². The molecule has 2 N–H and O–H groups in total. The summed E-state index contributed by atoms with van der Waals surface area (Å²) < 4.78 is 0. The van der Waals surface area contributed by atoms with Crippen molar-refractivity contribution in [1.82, 2.24) is 15.5 Å². The Labute approximate surface area is 117 Å². The summed E-state index contributed by atoms with van der Waals surface area (Å²) in [5.74, 6) is 1.29. The summed E-state index contributed by atoms with van der Waals surface area (Å²) in [6, 6.07) is 0.466. The standard InChI is InChI=1S/C15H29N3O/c1-12-5-8-18(9-6-12)13(2)10-17-15(19)14-4-3-7-16-11-14/h12-14,16H,3-11H2,1-2H3,(H,17,19). The van der Waals surface area contributed by atoms with E-state index in [1.165, 1.54) is 25.9 Å². The Morgan fingerprint density at radius 3 is 2.74 bits per heavy atom. The van der Waals surface area contributed by atoms with Crippen molar-refractivity contribution in [3.63, 3.8) is 0 Å². The topological polar surface area (TPSA) is 44.4 Å². The number of rotatable bonds is 4. The van der Waals surface area contributed by atoms with E-state index in [9.17, 15) is 4.79 Å². The molecule has 0 aliphatic carbocycles. The second-order valence-electron chi connectivity index (χ2n) is 6.36. The molecule has 1 amide bonds. The van der Waals surface area contributed by atoms with Crippen molar-refractivity contribution in [2.45, 2.75) is 45.6 Å². The predicted molar refractivity (Wildman–Crippen MR) is 78.0 cm³/mol. The summed E-state index contributed by atoms with van der Waals surface area (Å²) in [6.45, 7) is 9.64. The van der Waals surface area contributed by atoms with E-state index in [2.05, 4.69) is 29.4 Å². The molecule has 2 saturated heterocycles. The summed E-state index contributed by atoms with van der Waals surface area (Å²) in [6.07, 6.45) is 4.75. The van der Waals surface area contributed by atoms with Crippen molar-refractivity contribution >= 4 is 5.91 Å². The molecule has 0 aromatic heterocycles. The number of carbonyl (C=O) groups excluding carboxylic acids is 1. The highest BCUT2D eigenvalue weighted by atomic mass is 16.1. The first-order valence-electron chi connectivity index (χ1n) is 7.89. The van der Waals surface area contributed by atoms with E-state index < -0.39 is 0 Å². The SMILES string of the molecule is CC1CCN(C(C)CNC(=O)C2CCCNC2)CC1. The van der Waals surface area contributed by atoms with Gasteiger partial charge in [-0.05, 0) is 58.2 Å². The Balaban J connectivity index is 1.67. The van der Waals surface area contributed by atoms with Crippen LogP contribution in [-0.4, -0.2) is 49.6 Å². The molecule has 2 unspecified atom stereocenters. The minimum atomic E-state index is 0.183. The molecule has 2 rings (SSSR count). The van der Waals surface area contributed by atoms with Crippen LogP contribution in [0.1, 0.15) is 39.5 Å². The number of amides is 1. The summed E-state index contributed by atoms with van der Waals surface area (Å²) in [5, 5.41) is 6.44. The van der Waals surface area contributed by atoms with Gasteiger partial charge in [0, 0.05) is 19.1 Å². The maximum Gasteiger partial charge on any atom is 0.224 e. The molecule has 2 aliphatic heterocycles. The zero-order valence-corrected chi connectivity index (χ0v) is 12.5. The van der Waals surface area contributed by atoms with Gasteiger partial charge in [-0.1, -0.05) is 6.92 Å². The Bertz CT molecular complexity index is 281. The van der Waals surface area contributed by atoms with Gasteiger partial charge in [0.15, 0.2) is 0 Å². The third-order valence-electron chi connectivity index (χ3n) is 4.68.